The Morgan fingerprint density at radius 1 is 0.853 bits per heavy atom. The van der Waals surface area contributed by atoms with Crippen LogP contribution in [0.25, 0.3) is 38.9 Å². The lowest BCUT2D eigenvalue weighted by Crippen LogP contribution is -1.96. The minimum absolute atomic E-state index is 0.722. The molecule has 0 unspecified atom stereocenters. The Hall–Kier alpha value is -3.73. The predicted molar refractivity (Wildman–Crippen MR) is 142 cm³/mol. The first-order chi connectivity index (χ1) is 16.8. The van der Waals surface area contributed by atoms with Gasteiger partial charge >= 0.3 is 0 Å². The van der Waals surface area contributed by atoms with Gasteiger partial charge in [0.15, 0.2) is 0 Å². The summed E-state index contributed by atoms with van der Waals surface area (Å²) in [5.41, 5.74) is 5.79. The summed E-state index contributed by atoms with van der Waals surface area (Å²) >= 11 is 0. The Balaban J connectivity index is 0.000000771. The molecular formula is C29H34N4O. The molecule has 5 heteroatoms. The Morgan fingerprint density at radius 3 is 2.44 bits per heavy atom. The number of pyridine rings is 3. The van der Waals surface area contributed by atoms with E-state index in [1.807, 2.05) is 87.1 Å². The van der Waals surface area contributed by atoms with Crippen molar-refractivity contribution in [2.45, 2.75) is 47.5 Å². The van der Waals surface area contributed by atoms with Gasteiger partial charge in [-0.15, -0.1) is 0 Å². The number of nitrogens with zero attached hydrogens (tertiary/aromatic N) is 4. The van der Waals surface area contributed by atoms with Crippen LogP contribution in [0.3, 0.4) is 0 Å². The van der Waals surface area contributed by atoms with Crippen molar-refractivity contribution >= 4 is 16.4 Å². The van der Waals surface area contributed by atoms with Crippen molar-refractivity contribution in [3.63, 3.8) is 0 Å². The van der Waals surface area contributed by atoms with Crippen LogP contribution in [0.2, 0.25) is 0 Å². The second-order valence-electron chi connectivity index (χ2n) is 7.21. The summed E-state index contributed by atoms with van der Waals surface area (Å²) in [5.74, 6) is 0.852. The molecule has 0 bridgehead atoms. The van der Waals surface area contributed by atoms with E-state index < -0.39 is 0 Å². The average molecular weight is 455 g/mol. The molecule has 0 saturated carbocycles. The van der Waals surface area contributed by atoms with Crippen molar-refractivity contribution in [1.82, 2.24) is 19.6 Å². The molecule has 0 atom stereocenters. The molecule has 34 heavy (non-hydrogen) atoms. The van der Waals surface area contributed by atoms with Gasteiger partial charge < -0.3 is 4.74 Å². The van der Waals surface area contributed by atoms with Crippen LogP contribution in [0.1, 0.15) is 47.5 Å². The fourth-order valence-corrected chi connectivity index (χ4v) is 3.72. The van der Waals surface area contributed by atoms with Gasteiger partial charge in [0.1, 0.15) is 11.4 Å². The molecule has 0 amide bonds. The van der Waals surface area contributed by atoms with E-state index in [2.05, 4.69) is 35.1 Å². The lowest BCUT2D eigenvalue weighted by Gasteiger charge is -2.10. The van der Waals surface area contributed by atoms with Gasteiger partial charge in [-0.05, 0) is 54.4 Å². The number of ether oxygens (including phenoxy) is 1. The monoisotopic (exact) mass is 454 g/mol. The number of unbranched alkanes of at least 4 members (excludes halogenated alkanes) is 1. The molecule has 0 saturated heterocycles. The van der Waals surface area contributed by atoms with E-state index in [1.165, 1.54) is 0 Å². The number of benzene rings is 1. The zero-order chi connectivity index (χ0) is 24.3. The third-order valence-corrected chi connectivity index (χ3v) is 5.20. The maximum Gasteiger partial charge on any atom is 0.121 e. The number of fused-ring (bicyclic) bond motifs is 2. The molecule has 0 radical (unpaired) electrons. The first-order valence-corrected chi connectivity index (χ1v) is 12.3. The summed E-state index contributed by atoms with van der Waals surface area (Å²) in [5, 5.41) is 5.91. The van der Waals surface area contributed by atoms with E-state index in [4.69, 9.17) is 9.84 Å². The van der Waals surface area contributed by atoms with Gasteiger partial charge in [-0.2, -0.15) is 5.10 Å². The number of aromatic nitrogens is 4. The smallest absolute Gasteiger partial charge is 0.121 e. The topological polar surface area (TPSA) is 52.3 Å². The van der Waals surface area contributed by atoms with Crippen LogP contribution in [0.4, 0.5) is 0 Å². The van der Waals surface area contributed by atoms with Crippen LogP contribution < -0.4 is 4.74 Å². The van der Waals surface area contributed by atoms with Gasteiger partial charge in [0, 0.05) is 35.6 Å². The molecule has 176 valence electrons. The molecule has 0 spiro atoms. The molecule has 4 heterocycles. The second-order valence-corrected chi connectivity index (χ2v) is 7.21. The van der Waals surface area contributed by atoms with Gasteiger partial charge in [-0.1, -0.05) is 53.2 Å². The highest BCUT2D eigenvalue weighted by atomic mass is 16.5. The van der Waals surface area contributed by atoms with E-state index in [-0.39, 0.29) is 0 Å². The van der Waals surface area contributed by atoms with Crippen molar-refractivity contribution in [1.29, 1.82) is 0 Å². The maximum absolute atomic E-state index is 5.88. The average Bonchev–Trinajstić information content (AvgIpc) is 3.31. The van der Waals surface area contributed by atoms with E-state index in [1.54, 1.807) is 6.20 Å². The summed E-state index contributed by atoms with van der Waals surface area (Å²) in [6.07, 6.45) is 7.77. The minimum atomic E-state index is 0.722. The first kappa shape index (κ1) is 24.9. The number of hydrogen-bond acceptors (Lipinski definition) is 4. The molecule has 5 aromatic rings. The van der Waals surface area contributed by atoms with E-state index in [0.29, 0.717) is 0 Å². The van der Waals surface area contributed by atoms with Crippen LogP contribution >= 0.6 is 0 Å². The SMILES string of the molecule is CC.CC.CCCCOc1ccc2c(-c3c(-c4ccccn4)nn4ccccc34)ccnc2c1. The molecule has 0 fully saturated rings. The normalized spacial score (nSPS) is 10.3. The molecule has 0 aliphatic carbocycles. The Kier molecular flexibility index (Phi) is 9.15. The zero-order valence-corrected chi connectivity index (χ0v) is 20.8. The lowest BCUT2D eigenvalue weighted by atomic mass is 9.98. The highest BCUT2D eigenvalue weighted by Crippen LogP contribution is 2.38. The molecule has 0 aliphatic rings. The molecule has 5 nitrogen and oxygen atoms in total. The van der Waals surface area contributed by atoms with Crippen LogP contribution in [-0.2, 0) is 0 Å². The lowest BCUT2D eigenvalue weighted by molar-refractivity contribution is 0.310. The van der Waals surface area contributed by atoms with Crippen LogP contribution in [0, 0.1) is 0 Å². The summed E-state index contributed by atoms with van der Waals surface area (Å²) in [7, 11) is 0. The van der Waals surface area contributed by atoms with Gasteiger partial charge in [0.2, 0.25) is 0 Å². The standard InChI is InChI=1S/C25H22N4O.2C2H6/c1-2-3-16-30-18-10-11-19-20(12-14-27-22(19)17-18)24-23-9-5-7-15-29(23)28-25(24)21-8-4-6-13-26-21;2*1-2/h4-15,17H,2-3,16H2,1H3;2*1-2H3. The van der Waals surface area contributed by atoms with Crippen molar-refractivity contribution in [3.8, 4) is 28.3 Å². The van der Waals surface area contributed by atoms with E-state index >= 15 is 0 Å². The van der Waals surface area contributed by atoms with Crippen LogP contribution in [0.5, 0.6) is 5.75 Å². The quantitative estimate of drug-likeness (QED) is 0.245. The van der Waals surface area contributed by atoms with Gasteiger partial charge in [0.05, 0.1) is 23.3 Å². The number of hydrogen-bond donors (Lipinski definition) is 0. The summed E-state index contributed by atoms with van der Waals surface area (Å²) in [6.45, 7) is 10.9. The number of rotatable bonds is 6. The van der Waals surface area contributed by atoms with Crippen LogP contribution in [0.15, 0.2) is 79.3 Å². The first-order valence-electron chi connectivity index (χ1n) is 12.3. The molecule has 4 aromatic heterocycles. The predicted octanol–water partition coefficient (Wildman–Crippen LogP) is 7.84. The van der Waals surface area contributed by atoms with Gasteiger partial charge in [0.25, 0.3) is 0 Å². The second kappa shape index (κ2) is 12.5. The Labute approximate surface area is 202 Å². The summed E-state index contributed by atoms with van der Waals surface area (Å²) in [4.78, 5) is 9.16. The molecule has 1 aromatic carbocycles. The minimum Gasteiger partial charge on any atom is -0.494 e. The van der Waals surface area contributed by atoms with Crippen molar-refractivity contribution in [2.75, 3.05) is 6.61 Å². The fourth-order valence-electron chi connectivity index (χ4n) is 3.72. The summed E-state index contributed by atoms with van der Waals surface area (Å²) in [6, 6.07) is 20.2. The highest BCUT2D eigenvalue weighted by molar-refractivity contribution is 6.03. The maximum atomic E-state index is 5.88. The fraction of sp³-hybridized carbons (Fsp3) is 0.276. The molecule has 0 aliphatic heterocycles. The van der Waals surface area contributed by atoms with Crippen molar-refractivity contribution in [2.24, 2.45) is 0 Å². The third-order valence-electron chi connectivity index (χ3n) is 5.20. The third kappa shape index (κ3) is 5.25. The van der Waals surface area contributed by atoms with Crippen LogP contribution in [-0.4, -0.2) is 26.2 Å². The van der Waals surface area contributed by atoms with Gasteiger partial charge in [-0.25, -0.2) is 4.52 Å². The summed E-state index contributed by atoms with van der Waals surface area (Å²) < 4.78 is 7.79. The molecular weight excluding hydrogens is 420 g/mol. The Morgan fingerprint density at radius 2 is 1.68 bits per heavy atom. The van der Waals surface area contributed by atoms with Crippen molar-refractivity contribution in [3.05, 3.63) is 79.3 Å². The zero-order valence-electron chi connectivity index (χ0n) is 20.8. The van der Waals surface area contributed by atoms with E-state index in [9.17, 15) is 0 Å². The Bertz CT molecular complexity index is 1310. The molecule has 0 N–H and O–H groups in total. The largest absolute Gasteiger partial charge is 0.494 e. The molecule has 5 rings (SSSR count). The van der Waals surface area contributed by atoms with Gasteiger partial charge in [-0.3, -0.25) is 9.97 Å². The highest BCUT2D eigenvalue weighted by Gasteiger charge is 2.19. The van der Waals surface area contributed by atoms with Crippen molar-refractivity contribution < 1.29 is 4.74 Å². The van der Waals surface area contributed by atoms with E-state index in [0.717, 1.165) is 64.1 Å².